The average Bonchev–Trinajstić information content (AvgIpc) is 2.99. The lowest BCUT2D eigenvalue weighted by Gasteiger charge is -2.45. The topological polar surface area (TPSA) is 89.9 Å². The van der Waals surface area contributed by atoms with Crippen LogP contribution in [0.15, 0.2) is 115 Å². The van der Waals surface area contributed by atoms with Gasteiger partial charge in [0.15, 0.2) is 6.61 Å². The summed E-state index contributed by atoms with van der Waals surface area (Å²) in [5.74, 6) is -0.894. The highest BCUT2D eigenvalue weighted by Crippen LogP contribution is 2.77. The van der Waals surface area contributed by atoms with Crippen molar-refractivity contribution in [3.8, 4) is 5.75 Å². The lowest BCUT2D eigenvalue weighted by Crippen LogP contribution is -2.27. The Bertz CT molecular complexity index is 1910. The molecular weight excluding hydrogens is 727 g/mol. The van der Waals surface area contributed by atoms with Gasteiger partial charge in [0, 0.05) is 19.6 Å². The summed E-state index contributed by atoms with van der Waals surface area (Å²) >= 11 is 0. The molecule has 0 amide bonds. The molecule has 0 unspecified atom stereocenters. The van der Waals surface area contributed by atoms with Gasteiger partial charge in [-0.25, -0.2) is 4.79 Å². The van der Waals surface area contributed by atoms with Gasteiger partial charge in [0.25, 0.3) is 10.1 Å². The molecule has 0 fully saturated rings. The minimum atomic E-state index is -6.52. The molecule has 4 aromatic rings. The van der Waals surface area contributed by atoms with E-state index in [4.69, 9.17) is 9.47 Å². The van der Waals surface area contributed by atoms with Crippen LogP contribution in [0.5, 0.6) is 5.75 Å². The quantitative estimate of drug-likeness (QED) is 0.109. The zero-order valence-electron chi connectivity index (χ0n) is 26.1. The monoisotopic (exact) mass is 754 g/mol. The Balaban J connectivity index is 2.26. The smallest absolute Gasteiger partial charge is 0.418 e. The first-order valence-corrected chi connectivity index (χ1v) is 17.2. The van der Waals surface area contributed by atoms with Crippen molar-refractivity contribution in [1.29, 1.82) is 0 Å². The maximum Gasteiger partial charge on any atom is 0.418 e. The highest BCUT2D eigenvalue weighted by atomic mass is 32.3. The normalized spacial score (nSPS) is 13.5. The molecule has 0 radical (unpaired) electrons. The minimum Gasteiger partial charge on any atom is -0.482 e. The van der Waals surface area contributed by atoms with Gasteiger partial charge >= 0.3 is 24.5 Å². The van der Waals surface area contributed by atoms with Crippen molar-refractivity contribution in [1.82, 2.24) is 0 Å². The van der Waals surface area contributed by atoms with Crippen molar-refractivity contribution in [3.63, 3.8) is 0 Å². The highest BCUT2D eigenvalue weighted by molar-refractivity contribution is 8.34. The first-order chi connectivity index (χ1) is 22.9. The van der Waals surface area contributed by atoms with Crippen molar-refractivity contribution >= 4 is 26.1 Å². The summed E-state index contributed by atoms with van der Waals surface area (Å²) in [7, 11) is -10.8. The van der Waals surface area contributed by atoms with Gasteiger partial charge in [0.1, 0.15) is 16.2 Å². The fraction of sp³-hybridized carbons (Fsp3) is 0.242. The second-order valence-electron chi connectivity index (χ2n) is 11.6. The molecule has 270 valence electrons. The molecule has 0 aliphatic carbocycles. The number of carbonyl (C=O) groups excluding carboxylic acids is 1. The molecule has 0 atom stereocenters. The predicted molar refractivity (Wildman–Crippen MR) is 163 cm³/mol. The van der Waals surface area contributed by atoms with E-state index in [9.17, 15) is 30.9 Å². The van der Waals surface area contributed by atoms with E-state index in [1.165, 1.54) is 36.4 Å². The molecule has 0 spiro atoms. The van der Waals surface area contributed by atoms with Crippen molar-refractivity contribution in [2.24, 2.45) is 0 Å². The second-order valence-corrected chi connectivity index (χ2v) is 16.0. The minimum absolute atomic E-state index is 0.0906. The van der Waals surface area contributed by atoms with E-state index in [0.29, 0.717) is 0 Å². The predicted octanol–water partition coefficient (Wildman–Crippen LogP) is 10.1. The molecule has 0 aliphatic rings. The average molecular weight is 755 g/mol. The Hall–Kier alpha value is -4.22. The molecule has 0 aliphatic heterocycles. The van der Waals surface area contributed by atoms with Crippen LogP contribution in [-0.4, -0.2) is 31.1 Å². The number of halogens is 9. The zero-order valence-corrected chi connectivity index (χ0v) is 27.7. The van der Waals surface area contributed by atoms with Crippen molar-refractivity contribution in [2.75, 3.05) is 6.61 Å². The molecule has 50 heavy (non-hydrogen) atoms. The summed E-state index contributed by atoms with van der Waals surface area (Å²) < 4.78 is 179. The lowest BCUT2D eigenvalue weighted by atomic mass is 10.0. The Morgan fingerprint density at radius 1 is 0.640 bits per heavy atom. The van der Waals surface area contributed by atoms with E-state index in [0.717, 1.165) is 48.5 Å². The van der Waals surface area contributed by atoms with Crippen molar-refractivity contribution < 1.29 is 66.8 Å². The van der Waals surface area contributed by atoms with Crippen LogP contribution in [0.3, 0.4) is 0 Å². The Morgan fingerprint density at radius 2 is 1.06 bits per heavy atom. The van der Waals surface area contributed by atoms with Crippen molar-refractivity contribution in [2.45, 2.75) is 69.4 Å². The van der Waals surface area contributed by atoms with Gasteiger partial charge in [-0.05, 0) is 75.4 Å². The summed E-state index contributed by atoms with van der Waals surface area (Å²) in [4.78, 5) is 6.66. The highest BCUT2D eigenvalue weighted by Gasteiger charge is 2.55. The number of carbonyl (C=O) groups is 1. The van der Waals surface area contributed by atoms with E-state index in [1.807, 2.05) is 0 Å². The number of alkyl halides is 9. The van der Waals surface area contributed by atoms with Gasteiger partial charge in [0.2, 0.25) is 0 Å². The van der Waals surface area contributed by atoms with Crippen LogP contribution < -0.4 is 4.74 Å². The molecule has 0 heterocycles. The third-order valence-electron chi connectivity index (χ3n) is 6.84. The molecule has 0 bridgehead atoms. The number of benzene rings is 4. The van der Waals surface area contributed by atoms with E-state index in [1.54, 1.807) is 20.8 Å². The first-order valence-electron chi connectivity index (χ1n) is 14.2. The molecule has 17 heteroatoms. The van der Waals surface area contributed by atoms with Crippen LogP contribution in [0.2, 0.25) is 0 Å². The summed E-state index contributed by atoms with van der Waals surface area (Å²) in [5, 5.41) is 0. The van der Waals surface area contributed by atoms with E-state index in [-0.39, 0.29) is 20.4 Å². The fourth-order valence-corrected chi connectivity index (χ4v) is 10.4. The number of ether oxygens (including phenoxy) is 2. The maximum absolute atomic E-state index is 15.2. The third-order valence-corrected chi connectivity index (χ3v) is 11.8. The number of hydrogen-bond donors (Lipinski definition) is 1. The van der Waals surface area contributed by atoms with Gasteiger partial charge in [0.05, 0.1) is 16.7 Å². The molecule has 0 saturated heterocycles. The SMILES string of the molecule is CC(C)(C)OC(=O)COc1ccc(S(c2ccccc2)(c2ccccc2)c2c(C(F)(F)F)cc(C(F)(F)F)c(S(=O)(=O)O)c2C(F)(F)F)cc1. The third kappa shape index (κ3) is 8.05. The molecule has 4 aromatic carbocycles. The first kappa shape index (κ1) is 38.6. The number of esters is 1. The molecule has 0 saturated carbocycles. The van der Waals surface area contributed by atoms with E-state index >= 15 is 26.3 Å². The van der Waals surface area contributed by atoms with E-state index < -0.39 is 89.4 Å². The van der Waals surface area contributed by atoms with Gasteiger partial charge in [-0.2, -0.15) is 47.9 Å². The van der Waals surface area contributed by atoms with Crippen LogP contribution in [0, 0.1) is 0 Å². The number of hydrogen-bond acceptors (Lipinski definition) is 5. The van der Waals surface area contributed by atoms with Gasteiger partial charge in [-0.3, -0.25) is 4.55 Å². The van der Waals surface area contributed by atoms with Gasteiger partial charge in [-0.15, -0.1) is 10.0 Å². The summed E-state index contributed by atoms with van der Waals surface area (Å²) in [6, 6.07) is 16.1. The Morgan fingerprint density at radius 3 is 1.44 bits per heavy atom. The Kier molecular flexibility index (Phi) is 10.4. The fourth-order valence-electron chi connectivity index (χ4n) is 5.18. The van der Waals surface area contributed by atoms with Gasteiger partial charge in [-0.1, -0.05) is 36.4 Å². The lowest BCUT2D eigenvalue weighted by molar-refractivity contribution is -0.158. The largest absolute Gasteiger partial charge is 0.482 e. The summed E-state index contributed by atoms with van der Waals surface area (Å²) in [5.41, 5.74) is -9.01. The van der Waals surface area contributed by atoms with Crippen LogP contribution in [0.1, 0.15) is 37.5 Å². The van der Waals surface area contributed by atoms with Crippen LogP contribution >= 0.6 is 10.0 Å². The molecule has 0 aromatic heterocycles. The number of rotatable bonds is 8. The van der Waals surface area contributed by atoms with Crippen LogP contribution in [-0.2, 0) is 38.2 Å². The van der Waals surface area contributed by atoms with Gasteiger partial charge < -0.3 is 9.47 Å². The molecule has 6 nitrogen and oxygen atoms in total. The second kappa shape index (κ2) is 13.5. The van der Waals surface area contributed by atoms with Crippen LogP contribution in [0.4, 0.5) is 39.5 Å². The van der Waals surface area contributed by atoms with E-state index in [2.05, 4.69) is 0 Å². The molecule has 1 N–H and O–H groups in total. The van der Waals surface area contributed by atoms with Crippen molar-refractivity contribution in [3.05, 3.63) is 108 Å². The summed E-state index contributed by atoms with van der Waals surface area (Å²) in [6.07, 6.45) is -18.3. The summed E-state index contributed by atoms with van der Waals surface area (Å²) in [6.45, 7) is 4.13. The molecule has 4 rings (SSSR count). The standard InChI is InChI=1S/C33H27F9O6S2/c1-30(2,3)48-26(43)19-47-20-14-16-23(17-15-20)49(21-10-6-4-7-11-21,22-12-8-5-9-13-22)28-24(31(34,35)36)18-25(32(37,38)39)29(50(44,45)46)27(28)33(40,41)42/h4-18H,19H2,1-3H3,(H,44,45,46). The Labute approximate surface area is 281 Å². The zero-order chi connectivity index (χ0) is 37.5. The maximum atomic E-state index is 15.2. The molecular formula is C33H27F9O6S2. The van der Waals surface area contributed by atoms with Crippen LogP contribution in [0.25, 0.3) is 0 Å².